The summed E-state index contributed by atoms with van der Waals surface area (Å²) in [6, 6.07) is 31.0. The molecule has 1 aliphatic rings. The molecule has 0 amide bonds. The number of aliphatic hydroxyl groups is 1. The van der Waals surface area contributed by atoms with Crippen LogP contribution in [0.3, 0.4) is 0 Å². The molecule has 6 rings (SSSR count). The van der Waals surface area contributed by atoms with Gasteiger partial charge < -0.3 is 14.2 Å². The van der Waals surface area contributed by atoms with Crippen molar-refractivity contribution in [3.8, 4) is 22.4 Å². The van der Waals surface area contributed by atoms with Crippen LogP contribution in [-0.4, -0.2) is 25.3 Å². The van der Waals surface area contributed by atoms with Gasteiger partial charge in [-0.05, 0) is 29.5 Å². The number of hydrogen-bond donors (Lipinski definition) is 2. The molecule has 0 radical (unpaired) electrons. The van der Waals surface area contributed by atoms with Crippen molar-refractivity contribution in [3.63, 3.8) is 0 Å². The fourth-order valence-corrected chi connectivity index (χ4v) is 5.64. The molecule has 0 aliphatic heterocycles. The summed E-state index contributed by atoms with van der Waals surface area (Å²) < 4.78 is 4.16. The normalized spacial score (nSPS) is 17.9. The molecular formula is C31H30N4O. The maximum Gasteiger partial charge on any atom is 0.146 e. The number of fused-ring (bicyclic) bond motifs is 1. The van der Waals surface area contributed by atoms with E-state index in [1.807, 2.05) is 34.9 Å². The number of rotatable bonds is 5. The summed E-state index contributed by atoms with van der Waals surface area (Å²) in [7, 11) is 0. The van der Waals surface area contributed by atoms with Gasteiger partial charge in [-0.15, -0.1) is 0 Å². The van der Waals surface area contributed by atoms with E-state index in [0.29, 0.717) is 12.0 Å². The molecule has 2 aromatic heterocycles. The van der Waals surface area contributed by atoms with Crippen molar-refractivity contribution in [2.45, 2.75) is 44.4 Å². The Morgan fingerprint density at radius 2 is 1.42 bits per heavy atom. The van der Waals surface area contributed by atoms with Crippen molar-refractivity contribution in [2.24, 2.45) is 0 Å². The van der Waals surface area contributed by atoms with Crippen LogP contribution in [0.2, 0.25) is 0 Å². The lowest BCUT2D eigenvalue weighted by Gasteiger charge is -2.29. The van der Waals surface area contributed by atoms with Gasteiger partial charge in [0.1, 0.15) is 11.1 Å². The maximum absolute atomic E-state index is 10.8. The fourth-order valence-electron chi connectivity index (χ4n) is 5.64. The second-order valence-corrected chi connectivity index (χ2v) is 9.65. The highest BCUT2D eigenvalue weighted by Crippen LogP contribution is 2.40. The summed E-state index contributed by atoms with van der Waals surface area (Å²) in [5.41, 5.74) is 6.61. The van der Waals surface area contributed by atoms with Gasteiger partial charge in [-0.25, -0.2) is 4.98 Å². The van der Waals surface area contributed by atoms with E-state index in [0.717, 1.165) is 59.1 Å². The van der Waals surface area contributed by atoms with E-state index in [4.69, 9.17) is 4.98 Å². The van der Waals surface area contributed by atoms with Gasteiger partial charge in [0.15, 0.2) is 0 Å². The van der Waals surface area contributed by atoms with Crippen LogP contribution in [0, 0.1) is 5.41 Å². The van der Waals surface area contributed by atoms with Crippen molar-refractivity contribution in [1.82, 2.24) is 14.1 Å². The highest BCUT2D eigenvalue weighted by Gasteiger charge is 2.28. The van der Waals surface area contributed by atoms with Crippen LogP contribution in [0.1, 0.15) is 37.3 Å². The Labute approximate surface area is 210 Å². The third kappa shape index (κ3) is 3.95. The number of aliphatic hydroxyl groups excluding tert-OH is 1. The highest BCUT2D eigenvalue weighted by atomic mass is 16.3. The van der Waals surface area contributed by atoms with Gasteiger partial charge >= 0.3 is 0 Å². The maximum atomic E-state index is 10.8. The van der Waals surface area contributed by atoms with Crippen LogP contribution in [0.25, 0.3) is 33.4 Å². The Morgan fingerprint density at radius 3 is 2.08 bits per heavy atom. The van der Waals surface area contributed by atoms with E-state index < -0.39 is 6.10 Å². The monoisotopic (exact) mass is 474 g/mol. The summed E-state index contributed by atoms with van der Waals surface area (Å²) in [6.07, 6.45) is 5.04. The van der Waals surface area contributed by atoms with Crippen molar-refractivity contribution in [3.05, 3.63) is 108 Å². The van der Waals surface area contributed by atoms with Crippen LogP contribution >= 0.6 is 0 Å². The van der Waals surface area contributed by atoms with E-state index in [-0.39, 0.29) is 6.04 Å². The third-order valence-corrected chi connectivity index (χ3v) is 7.38. The Bertz CT molecular complexity index is 1540. The predicted octanol–water partition coefficient (Wildman–Crippen LogP) is 6.18. The van der Waals surface area contributed by atoms with E-state index in [1.54, 1.807) is 6.33 Å². The smallest absolute Gasteiger partial charge is 0.146 e. The molecule has 5 heteroatoms. The summed E-state index contributed by atoms with van der Waals surface area (Å²) in [4.78, 5) is 4.97. The van der Waals surface area contributed by atoms with Crippen molar-refractivity contribution >= 4 is 11.0 Å². The van der Waals surface area contributed by atoms with E-state index in [1.165, 1.54) is 5.56 Å². The number of nitrogens with zero attached hydrogens (tertiary/aromatic N) is 3. The summed E-state index contributed by atoms with van der Waals surface area (Å²) in [6.45, 7) is 0.650. The van der Waals surface area contributed by atoms with Crippen molar-refractivity contribution < 1.29 is 5.11 Å². The average Bonchev–Trinajstić information content (AvgIpc) is 3.26. The zero-order valence-corrected chi connectivity index (χ0v) is 20.2. The summed E-state index contributed by atoms with van der Waals surface area (Å²) in [5.74, 6) is 0. The average molecular weight is 475 g/mol. The Hall–Kier alpha value is -3.96. The number of nitrogens with one attached hydrogen (secondary N) is 1. The van der Waals surface area contributed by atoms with Gasteiger partial charge in [-0.2, -0.15) is 0 Å². The minimum atomic E-state index is -0.452. The van der Waals surface area contributed by atoms with Crippen LogP contribution in [0.15, 0.2) is 97.3 Å². The van der Waals surface area contributed by atoms with Gasteiger partial charge in [-0.3, -0.25) is 5.41 Å². The molecule has 2 atom stereocenters. The minimum absolute atomic E-state index is 0.121. The molecule has 5 aromatic rings. The Kier molecular flexibility index (Phi) is 5.99. The van der Waals surface area contributed by atoms with Crippen LogP contribution in [-0.2, 0) is 6.54 Å². The zero-order valence-electron chi connectivity index (χ0n) is 20.2. The topological polar surface area (TPSA) is 66.8 Å². The number of aromatic nitrogens is 3. The largest absolute Gasteiger partial charge is 0.391 e. The molecule has 2 N–H and O–H groups in total. The molecule has 0 saturated heterocycles. The summed E-state index contributed by atoms with van der Waals surface area (Å²) >= 11 is 0. The molecule has 2 heterocycles. The van der Waals surface area contributed by atoms with Gasteiger partial charge in [0.2, 0.25) is 0 Å². The molecule has 1 saturated carbocycles. The molecule has 180 valence electrons. The molecule has 5 nitrogen and oxygen atoms in total. The SMILES string of the molecule is N=c1c2c(-c3ccccc3)c(-c3ccccc3)n(Cc3ccccc3)c2ncn1[C@@H]1CCCC[C@H]1O. The van der Waals surface area contributed by atoms with E-state index in [9.17, 15) is 10.5 Å². The van der Waals surface area contributed by atoms with Crippen molar-refractivity contribution in [1.29, 1.82) is 5.41 Å². The first-order valence-corrected chi connectivity index (χ1v) is 12.7. The van der Waals surface area contributed by atoms with Crippen LogP contribution in [0.4, 0.5) is 0 Å². The molecule has 36 heavy (non-hydrogen) atoms. The van der Waals surface area contributed by atoms with E-state index in [2.05, 4.69) is 65.2 Å². The zero-order chi connectivity index (χ0) is 24.5. The van der Waals surface area contributed by atoms with Crippen LogP contribution < -0.4 is 5.49 Å². The molecule has 0 bridgehead atoms. The van der Waals surface area contributed by atoms with Gasteiger partial charge in [-0.1, -0.05) is 104 Å². The van der Waals surface area contributed by atoms with Crippen LogP contribution in [0.5, 0.6) is 0 Å². The first kappa shape index (κ1) is 22.5. The minimum Gasteiger partial charge on any atom is -0.391 e. The molecule has 3 aromatic carbocycles. The molecular weight excluding hydrogens is 444 g/mol. The first-order valence-electron chi connectivity index (χ1n) is 12.7. The predicted molar refractivity (Wildman–Crippen MR) is 144 cm³/mol. The quantitative estimate of drug-likeness (QED) is 0.320. The lowest BCUT2D eigenvalue weighted by atomic mass is 9.92. The fraction of sp³-hybridized carbons (Fsp3) is 0.226. The highest BCUT2D eigenvalue weighted by molar-refractivity contribution is 6.02. The van der Waals surface area contributed by atoms with Gasteiger partial charge in [0.25, 0.3) is 0 Å². The second-order valence-electron chi connectivity index (χ2n) is 9.65. The van der Waals surface area contributed by atoms with E-state index >= 15 is 0 Å². The van der Waals surface area contributed by atoms with Gasteiger partial charge in [0.05, 0.1) is 29.6 Å². The first-order chi connectivity index (χ1) is 17.7. The number of benzene rings is 3. The standard InChI is InChI=1S/C31H30N4O/c32-30-28-27(23-14-6-2-7-15-23)29(24-16-8-3-9-17-24)34(20-22-12-4-1-5-13-22)31(28)33-21-35(30)25-18-10-11-19-26(25)36/h1-9,12-17,21,25-26,32,36H,10-11,18-20H2/t25-,26-/m1/s1. The Balaban J connectivity index is 1.69. The molecule has 0 spiro atoms. The molecule has 0 unspecified atom stereocenters. The second kappa shape index (κ2) is 9.59. The molecule has 1 fully saturated rings. The van der Waals surface area contributed by atoms with Crippen molar-refractivity contribution in [2.75, 3.05) is 0 Å². The Morgan fingerprint density at radius 1 is 0.806 bits per heavy atom. The molecule has 1 aliphatic carbocycles. The lowest BCUT2D eigenvalue weighted by Crippen LogP contribution is -2.35. The summed E-state index contributed by atoms with van der Waals surface area (Å²) in [5, 5.41) is 21.0. The third-order valence-electron chi connectivity index (χ3n) is 7.38. The number of hydrogen-bond acceptors (Lipinski definition) is 3. The lowest BCUT2D eigenvalue weighted by molar-refractivity contribution is 0.0729. The van der Waals surface area contributed by atoms with Gasteiger partial charge in [0, 0.05) is 12.1 Å².